The average Bonchev–Trinajstić information content (AvgIpc) is 2.95. The second-order valence-corrected chi connectivity index (χ2v) is 7.31. The molecule has 2 rings (SSSR count). The second kappa shape index (κ2) is 10.3. The summed E-state index contributed by atoms with van der Waals surface area (Å²) >= 11 is 4.08. The molecule has 0 aromatic heterocycles. The largest absolute Gasteiger partial charge is 0.493 e. The van der Waals surface area contributed by atoms with Crippen molar-refractivity contribution in [3.63, 3.8) is 0 Å². The Hall–Kier alpha value is -2.53. The van der Waals surface area contributed by atoms with E-state index in [1.807, 2.05) is 0 Å². The molecule has 1 fully saturated rings. The molecule has 0 bridgehead atoms. The molecule has 9 nitrogen and oxygen atoms in total. The number of halogens is 1. The lowest BCUT2D eigenvalue weighted by molar-refractivity contribution is -0.146. The van der Waals surface area contributed by atoms with Crippen LogP contribution in [0.15, 0.2) is 21.5 Å². The van der Waals surface area contributed by atoms with E-state index in [9.17, 15) is 19.2 Å². The molecular weight excluding hydrogens is 470 g/mol. The quantitative estimate of drug-likeness (QED) is 0.403. The summed E-state index contributed by atoms with van der Waals surface area (Å²) in [5, 5.41) is -0.560. The third-order valence-electron chi connectivity index (χ3n) is 3.61. The number of imide groups is 1. The van der Waals surface area contributed by atoms with E-state index in [4.69, 9.17) is 14.2 Å². The lowest BCUT2D eigenvalue weighted by Crippen LogP contribution is -2.34. The van der Waals surface area contributed by atoms with Gasteiger partial charge in [0, 0.05) is 4.47 Å². The fourth-order valence-electron chi connectivity index (χ4n) is 2.24. The summed E-state index contributed by atoms with van der Waals surface area (Å²) in [5.41, 5.74) is 0.536. The number of hydrogen-bond acceptors (Lipinski definition) is 9. The maximum absolute atomic E-state index is 12.5. The Morgan fingerprint density at radius 1 is 1.17 bits per heavy atom. The van der Waals surface area contributed by atoms with Gasteiger partial charge in [-0.1, -0.05) is 15.9 Å². The van der Waals surface area contributed by atoms with Crippen molar-refractivity contribution < 1.29 is 38.1 Å². The summed E-state index contributed by atoms with van der Waals surface area (Å²) in [5.74, 6) is -1.20. The maximum atomic E-state index is 12.5. The van der Waals surface area contributed by atoms with Crippen molar-refractivity contribution in [1.29, 1.82) is 0 Å². The van der Waals surface area contributed by atoms with Crippen LogP contribution in [-0.2, 0) is 23.9 Å². The van der Waals surface area contributed by atoms with Crippen LogP contribution in [0.3, 0.4) is 0 Å². The van der Waals surface area contributed by atoms with Gasteiger partial charge in [-0.3, -0.25) is 19.3 Å². The summed E-state index contributed by atoms with van der Waals surface area (Å²) in [6, 6.07) is 3.15. The first-order valence-corrected chi connectivity index (χ1v) is 9.89. The van der Waals surface area contributed by atoms with E-state index < -0.39 is 29.6 Å². The van der Waals surface area contributed by atoms with E-state index in [0.717, 1.165) is 4.90 Å². The zero-order chi connectivity index (χ0) is 21.6. The van der Waals surface area contributed by atoms with Gasteiger partial charge in [0.05, 0.1) is 25.7 Å². The highest BCUT2D eigenvalue weighted by molar-refractivity contribution is 9.10. The van der Waals surface area contributed by atoms with E-state index >= 15 is 0 Å². The molecule has 0 unspecified atom stereocenters. The lowest BCUT2D eigenvalue weighted by atomic mass is 10.2. The van der Waals surface area contributed by atoms with Gasteiger partial charge in [0.15, 0.2) is 18.1 Å². The Morgan fingerprint density at radius 2 is 1.90 bits per heavy atom. The number of amides is 2. The molecular formula is C18H18BrNO8S. The van der Waals surface area contributed by atoms with Gasteiger partial charge in [-0.2, -0.15) is 0 Å². The third kappa shape index (κ3) is 5.73. The van der Waals surface area contributed by atoms with Crippen LogP contribution in [-0.4, -0.2) is 62.0 Å². The SMILES string of the molecule is CCOC(=O)CN1C(=O)S/C(=C\c2cc(OC)c(OCC(=O)OC)cc2Br)C1=O. The molecule has 2 amide bonds. The molecule has 0 atom stereocenters. The molecule has 156 valence electrons. The highest BCUT2D eigenvalue weighted by Crippen LogP contribution is 2.38. The molecule has 1 aromatic rings. The third-order valence-corrected chi connectivity index (χ3v) is 5.20. The minimum absolute atomic E-state index is 0.144. The Labute approximate surface area is 179 Å². The Morgan fingerprint density at radius 3 is 2.52 bits per heavy atom. The molecule has 1 aliphatic heterocycles. The van der Waals surface area contributed by atoms with Crippen molar-refractivity contribution in [2.24, 2.45) is 0 Å². The minimum Gasteiger partial charge on any atom is -0.493 e. The van der Waals surface area contributed by atoms with Crippen LogP contribution >= 0.6 is 27.7 Å². The molecule has 1 aromatic carbocycles. The molecule has 0 spiro atoms. The molecule has 0 saturated carbocycles. The molecule has 0 N–H and O–H groups in total. The number of esters is 2. The fraction of sp³-hybridized carbons (Fsp3) is 0.333. The van der Waals surface area contributed by atoms with E-state index in [-0.39, 0.29) is 23.9 Å². The lowest BCUT2D eigenvalue weighted by Gasteiger charge is -2.12. The van der Waals surface area contributed by atoms with Gasteiger partial charge in [-0.15, -0.1) is 0 Å². The predicted molar refractivity (Wildman–Crippen MR) is 108 cm³/mol. The molecule has 29 heavy (non-hydrogen) atoms. The van der Waals surface area contributed by atoms with E-state index in [1.165, 1.54) is 20.3 Å². The van der Waals surface area contributed by atoms with Crippen LogP contribution in [0.25, 0.3) is 6.08 Å². The van der Waals surface area contributed by atoms with Crippen LogP contribution in [0, 0.1) is 0 Å². The zero-order valence-electron chi connectivity index (χ0n) is 15.9. The highest BCUT2D eigenvalue weighted by Gasteiger charge is 2.36. The van der Waals surface area contributed by atoms with E-state index in [1.54, 1.807) is 19.1 Å². The van der Waals surface area contributed by atoms with Crippen LogP contribution in [0.4, 0.5) is 4.79 Å². The first-order chi connectivity index (χ1) is 13.8. The number of rotatable bonds is 8. The van der Waals surface area contributed by atoms with E-state index in [2.05, 4.69) is 20.7 Å². The predicted octanol–water partition coefficient (Wildman–Crippen LogP) is 2.61. The summed E-state index contributed by atoms with van der Waals surface area (Å²) in [7, 11) is 2.67. The normalized spacial score (nSPS) is 14.9. The maximum Gasteiger partial charge on any atom is 0.343 e. The summed E-state index contributed by atoms with van der Waals surface area (Å²) in [6.07, 6.45) is 1.49. The number of thioether (sulfide) groups is 1. The van der Waals surface area contributed by atoms with Gasteiger partial charge in [0.25, 0.3) is 11.1 Å². The summed E-state index contributed by atoms with van der Waals surface area (Å²) < 4.78 is 20.5. The van der Waals surface area contributed by atoms with Gasteiger partial charge in [-0.05, 0) is 42.5 Å². The Kier molecular flexibility index (Phi) is 8.09. The topological polar surface area (TPSA) is 108 Å². The highest BCUT2D eigenvalue weighted by atomic mass is 79.9. The van der Waals surface area contributed by atoms with Gasteiger partial charge in [0.2, 0.25) is 0 Å². The van der Waals surface area contributed by atoms with Gasteiger partial charge < -0.3 is 18.9 Å². The Bertz CT molecular complexity index is 870. The van der Waals surface area contributed by atoms with Crippen LogP contribution in [0.5, 0.6) is 11.5 Å². The number of hydrogen-bond donors (Lipinski definition) is 0. The Balaban J connectivity index is 2.25. The molecule has 1 aliphatic rings. The van der Waals surface area contributed by atoms with Crippen molar-refractivity contribution in [1.82, 2.24) is 4.90 Å². The molecule has 1 saturated heterocycles. The monoisotopic (exact) mass is 487 g/mol. The van der Waals surface area contributed by atoms with Crippen molar-refractivity contribution in [2.45, 2.75) is 6.92 Å². The molecule has 11 heteroatoms. The van der Waals surface area contributed by atoms with Crippen molar-refractivity contribution in [3.05, 3.63) is 27.1 Å². The van der Waals surface area contributed by atoms with Gasteiger partial charge >= 0.3 is 11.9 Å². The number of benzene rings is 1. The average molecular weight is 488 g/mol. The molecule has 0 aliphatic carbocycles. The molecule has 1 heterocycles. The smallest absolute Gasteiger partial charge is 0.343 e. The number of methoxy groups -OCH3 is 2. The number of ether oxygens (including phenoxy) is 4. The van der Waals surface area contributed by atoms with Gasteiger partial charge in [0.1, 0.15) is 6.54 Å². The number of nitrogens with zero attached hydrogens (tertiary/aromatic N) is 1. The summed E-state index contributed by atoms with van der Waals surface area (Å²) in [6.45, 7) is 1.04. The van der Waals surface area contributed by atoms with E-state index in [0.29, 0.717) is 27.5 Å². The molecule has 0 radical (unpaired) electrons. The van der Waals surface area contributed by atoms with Crippen molar-refractivity contribution in [2.75, 3.05) is 34.0 Å². The number of carbonyl (C=O) groups is 4. The zero-order valence-corrected chi connectivity index (χ0v) is 18.3. The number of carbonyl (C=O) groups excluding carboxylic acids is 4. The van der Waals surface area contributed by atoms with Crippen LogP contribution < -0.4 is 9.47 Å². The summed E-state index contributed by atoms with van der Waals surface area (Å²) in [4.78, 5) is 48.4. The first-order valence-electron chi connectivity index (χ1n) is 8.28. The fourth-order valence-corrected chi connectivity index (χ4v) is 3.51. The van der Waals surface area contributed by atoms with Crippen LogP contribution in [0.1, 0.15) is 12.5 Å². The standard InChI is InChI=1S/C18H18BrNO8S/c1-4-27-15(21)8-20-17(23)14(29-18(20)24)6-10-5-12(25-2)13(7-11(10)19)28-9-16(22)26-3/h5-7H,4,8-9H2,1-3H3/b14-6-. The minimum atomic E-state index is -0.661. The van der Waals surface area contributed by atoms with Gasteiger partial charge in [-0.25, -0.2) is 4.79 Å². The van der Waals surface area contributed by atoms with Crippen molar-refractivity contribution in [3.8, 4) is 11.5 Å². The first kappa shape index (κ1) is 22.8. The van der Waals surface area contributed by atoms with Crippen LogP contribution in [0.2, 0.25) is 0 Å². The van der Waals surface area contributed by atoms with Crippen molar-refractivity contribution >= 4 is 56.9 Å². The second-order valence-electron chi connectivity index (χ2n) is 5.46.